The summed E-state index contributed by atoms with van der Waals surface area (Å²) in [7, 11) is 1.58. The molecule has 2 aliphatic heterocycles. The Bertz CT molecular complexity index is 1930. The summed E-state index contributed by atoms with van der Waals surface area (Å²) in [4.78, 5) is 33.6. The molecule has 0 unspecified atom stereocenters. The minimum Gasteiger partial charge on any atom is -0.507 e. The molecular formula is C34H26N2O6S. The molecule has 0 saturated carbocycles. The van der Waals surface area contributed by atoms with Gasteiger partial charge in [-0.05, 0) is 78.7 Å². The van der Waals surface area contributed by atoms with Crippen molar-refractivity contribution in [3.63, 3.8) is 0 Å². The van der Waals surface area contributed by atoms with Gasteiger partial charge in [-0.25, -0.2) is 4.98 Å². The Balaban J connectivity index is 1.38. The summed E-state index contributed by atoms with van der Waals surface area (Å²) < 4.78 is 18.1. The number of hydrogen-bond donors (Lipinski definition) is 1. The van der Waals surface area contributed by atoms with Gasteiger partial charge in [0.15, 0.2) is 5.13 Å². The number of hydrogen-bond acceptors (Lipinski definition) is 8. The molecule has 2 atom stereocenters. The summed E-state index contributed by atoms with van der Waals surface area (Å²) in [5, 5.41) is 12.0. The fourth-order valence-electron chi connectivity index (χ4n) is 5.57. The van der Waals surface area contributed by atoms with E-state index in [1.54, 1.807) is 43.5 Å². The first-order chi connectivity index (χ1) is 20.9. The summed E-state index contributed by atoms with van der Waals surface area (Å²) in [6.07, 6.45) is 0.699. The Morgan fingerprint density at radius 2 is 1.77 bits per heavy atom. The lowest BCUT2D eigenvalue weighted by Gasteiger charge is -2.23. The average molecular weight is 591 g/mol. The first kappa shape index (κ1) is 26.7. The van der Waals surface area contributed by atoms with E-state index in [0.29, 0.717) is 45.4 Å². The second-order valence-corrected chi connectivity index (χ2v) is 11.5. The largest absolute Gasteiger partial charge is 0.507 e. The van der Waals surface area contributed by atoms with Gasteiger partial charge in [-0.2, -0.15) is 0 Å². The quantitative estimate of drug-likeness (QED) is 0.129. The zero-order valence-corrected chi connectivity index (χ0v) is 24.1. The number of methoxy groups -OCH3 is 1. The number of aromatic nitrogens is 1. The molecule has 1 N–H and O–H groups in total. The topological polar surface area (TPSA) is 98.2 Å². The highest BCUT2D eigenvalue weighted by molar-refractivity contribution is 7.22. The predicted molar refractivity (Wildman–Crippen MR) is 164 cm³/mol. The summed E-state index contributed by atoms with van der Waals surface area (Å²) >= 11 is 1.27. The number of para-hydroxylation sites is 1. The zero-order valence-electron chi connectivity index (χ0n) is 23.3. The molecule has 0 spiro atoms. The standard InChI is InChI=1S/C34H26N2O6S/c1-19-15-22-16-21(11-14-27(22)41-19)31(37)29-30(20-7-6-10-25(17-20)42-23-8-4-3-5-9-23)36(33(39)32(29)38)34-35-26-13-12-24(40-2)18-28(26)43-34/h3-14,16-19,30,37H,15H2,1-2H3/t19-,30-/m0/s1. The average Bonchev–Trinajstić information content (AvgIpc) is 3.69. The Kier molecular flexibility index (Phi) is 6.59. The molecule has 214 valence electrons. The van der Waals surface area contributed by atoms with E-state index in [2.05, 4.69) is 0 Å². The molecule has 7 rings (SSSR count). The fraction of sp³-hybridized carbons (Fsp3) is 0.147. The van der Waals surface area contributed by atoms with Gasteiger partial charge in [0.2, 0.25) is 0 Å². The van der Waals surface area contributed by atoms with E-state index in [-0.39, 0.29) is 17.4 Å². The van der Waals surface area contributed by atoms with Crippen LogP contribution in [-0.2, 0) is 16.0 Å². The van der Waals surface area contributed by atoms with E-state index in [1.807, 2.05) is 61.5 Å². The first-order valence-electron chi connectivity index (χ1n) is 13.8. The molecule has 1 saturated heterocycles. The van der Waals surface area contributed by atoms with Crippen molar-refractivity contribution in [1.82, 2.24) is 4.98 Å². The summed E-state index contributed by atoms with van der Waals surface area (Å²) in [6, 6.07) is 26.3. The summed E-state index contributed by atoms with van der Waals surface area (Å²) in [6.45, 7) is 1.98. The lowest BCUT2D eigenvalue weighted by molar-refractivity contribution is -0.132. The number of ketones is 1. The number of nitrogens with zero attached hydrogens (tertiary/aromatic N) is 2. The molecule has 5 aromatic rings. The Morgan fingerprint density at radius 3 is 2.58 bits per heavy atom. The molecule has 8 nitrogen and oxygen atoms in total. The molecule has 1 amide bonds. The molecule has 0 radical (unpaired) electrons. The van der Waals surface area contributed by atoms with Gasteiger partial charge in [-0.1, -0.05) is 41.7 Å². The number of thiazole rings is 1. The number of Topliss-reactive ketones (excluding diaryl/α,β-unsaturated/α-hetero) is 1. The molecule has 1 fully saturated rings. The molecular weight excluding hydrogens is 564 g/mol. The monoisotopic (exact) mass is 590 g/mol. The van der Waals surface area contributed by atoms with Crippen LogP contribution >= 0.6 is 11.3 Å². The highest BCUT2D eigenvalue weighted by Gasteiger charge is 2.48. The summed E-state index contributed by atoms with van der Waals surface area (Å²) in [5.74, 6) is 0.739. The molecule has 1 aromatic heterocycles. The lowest BCUT2D eigenvalue weighted by atomic mass is 9.94. The van der Waals surface area contributed by atoms with E-state index >= 15 is 0 Å². The first-order valence-corrected chi connectivity index (χ1v) is 14.6. The van der Waals surface area contributed by atoms with Crippen molar-refractivity contribution in [1.29, 1.82) is 0 Å². The molecule has 9 heteroatoms. The molecule has 43 heavy (non-hydrogen) atoms. The van der Waals surface area contributed by atoms with E-state index in [0.717, 1.165) is 16.0 Å². The Hall–Kier alpha value is -5.15. The van der Waals surface area contributed by atoms with E-state index in [4.69, 9.17) is 19.2 Å². The number of benzene rings is 4. The van der Waals surface area contributed by atoms with Gasteiger partial charge in [0.25, 0.3) is 5.78 Å². The van der Waals surface area contributed by atoms with Crippen LogP contribution in [0.15, 0.2) is 96.6 Å². The van der Waals surface area contributed by atoms with Crippen molar-refractivity contribution in [2.45, 2.75) is 25.5 Å². The smallest absolute Gasteiger partial charge is 0.301 e. The van der Waals surface area contributed by atoms with Crippen molar-refractivity contribution in [2.24, 2.45) is 0 Å². The third-order valence-electron chi connectivity index (χ3n) is 7.56. The molecule has 2 aliphatic rings. The number of amides is 1. The lowest BCUT2D eigenvalue weighted by Crippen LogP contribution is -2.29. The van der Waals surface area contributed by atoms with Crippen molar-refractivity contribution >= 4 is 44.1 Å². The maximum absolute atomic E-state index is 13.8. The van der Waals surface area contributed by atoms with Gasteiger partial charge >= 0.3 is 5.91 Å². The number of carbonyl (C=O) groups excluding carboxylic acids is 2. The number of rotatable bonds is 6. The predicted octanol–water partition coefficient (Wildman–Crippen LogP) is 7.05. The molecule has 4 aromatic carbocycles. The van der Waals surface area contributed by atoms with E-state index < -0.39 is 17.7 Å². The SMILES string of the molecule is COc1ccc2nc(N3C(=O)C(=O)C(=C(O)c4ccc5c(c4)C[C@H](C)O5)[C@@H]3c3cccc(Oc4ccccc4)c3)sc2c1. The maximum Gasteiger partial charge on any atom is 0.301 e. The van der Waals surface area contributed by atoms with Crippen LogP contribution < -0.4 is 19.1 Å². The molecule has 3 heterocycles. The van der Waals surface area contributed by atoms with Crippen LogP contribution in [0.25, 0.3) is 16.0 Å². The normalized spacial score (nSPS) is 19.0. The van der Waals surface area contributed by atoms with Crippen LogP contribution in [0.3, 0.4) is 0 Å². The second kappa shape index (κ2) is 10.6. The van der Waals surface area contributed by atoms with Gasteiger partial charge < -0.3 is 19.3 Å². The van der Waals surface area contributed by atoms with Gasteiger partial charge in [0, 0.05) is 12.0 Å². The van der Waals surface area contributed by atoms with Crippen molar-refractivity contribution in [3.8, 4) is 23.0 Å². The minimum absolute atomic E-state index is 0.0167. The number of ether oxygens (including phenoxy) is 3. The molecule has 0 bridgehead atoms. The van der Waals surface area contributed by atoms with Crippen LogP contribution in [-0.4, -0.2) is 35.0 Å². The summed E-state index contributed by atoms with van der Waals surface area (Å²) in [5.41, 5.74) is 2.59. The van der Waals surface area contributed by atoms with Crippen LogP contribution in [0.1, 0.15) is 29.7 Å². The number of carbonyl (C=O) groups is 2. The Morgan fingerprint density at radius 1 is 0.953 bits per heavy atom. The third-order valence-corrected chi connectivity index (χ3v) is 8.57. The number of anilines is 1. The van der Waals surface area contributed by atoms with Crippen LogP contribution in [0.4, 0.5) is 5.13 Å². The zero-order chi connectivity index (χ0) is 29.7. The van der Waals surface area contributed by atoms with E-state index in [1.165, 1.54) is 16.2 Å². The Labute approximate surface area is 251 Å². The number of aliphatic hydroxyl groups is 1. The van der Waals surface area contributed by atoms with Gasteiger partial charge in [0.1, 0.15) is 34.9 Å². The van der Waals surface area contributed by atoms with Crippen molar-refractivity contribution in [3.05, 3.63) is 113 Å². The third kappa shape index (κ3) is 4.77. The highest BCUT2D eigenvalue weighted by atomic mass is 32.1. The fourth-order valence-corrected chi connectivity index (χ4v) is 6.59. The minimum atomic E-state index is -0.954. The van der Waals surface area contributed by atoms with Crippen LogP contribution in [0.2, 0.25) is 0 Å². The number of fused-ring (bicyclic) bond motifs is 2. The molecule has 0 aliphatic carbocycles. The van der Waals surface area contributed by atoms with Gasteiger partial charge in [-0.15, -0.1) is 0 Å². The van der Waals surface area contributed by atoms with Gasteiger partial charge in [-0.3, -0.25) is 14.5 Å². The highest BCUT2D eigenvalue weighted by Crippen LogP contribution is 2.46. The number of aliphatic hydroxyl groups excluding tert-OH is 1. The van der Waals surface area contributed by atoms with Gasteiger partial charge in [0.05, 0.1) is 28.9 Å². The van der Waals surface area contributed by atoms with E-state index in [9.17, 15) is 14.7 Å². The van der Waals surface area contributed by atoms with Crippen LogP contribution in [0, 0.1) is 0 Å². The van der Waals surface area contributed by atoms with Crippen molar-refractivity contribution < 1.29 is 28.9 Å². The van der Waals surface area contributed by atoms with Crippen LogP contribution in [0.5, 0.6) is 23.0 Å². The second-order valence-electron chi connectivity index (χ2n) is 10.4. The maximum atomic E-state index is 13.8. The van der Waals surface area contributed by atoms with Crippen molar-refractivity contribution in [2.75, 3.05) is 12.0 Å².